The van der Waals surface area contributed by atoms with Gasteiger partial charge in [-0.2, -0.15) is 0 Å². The highest BCUT2D eigenvalue weighted by atomic mass is 16.5. The number of carbonyl (C=O) groups is 1. The first-order valence-electron chi connectivity index (χ1n) is 9.00. The average molecular weight is 315 g/mol. The quantitative estimate of drug-likeness (QED) is 0.449. The van der Waals surface area contributed by atoms with E-state index in [2.05, 4.69) is 12.2 Å². The number of hydrogen-bond acceptors (Lipinski definition) is 2. The first-order chi connectivity index (χ1) is 11.3. The van der Waals surface area contributed by atoms with E-state index in [9.17, 15) is 4.79 Å². The van der Waals surface area contributed by atoms with E-state index in [0.717, 1.165) is 43.6 Å². The molecule has 0 unspecified atom stereocenters. The third-order valence-electron chi connectivity index (χ3n) is 4.29. The van der Waals surface area contributed by atoms with Crippen LogP contribution < -0.4 is 10.1 Å². The zero-order valence-electron chi connectivity index (χ0n) is 14.2. The van der Waals surface area contributed by atoms with Crippen LogP contribution in [0.1, 0.15) is 63.9 Å². The van der Waals surface area contributed by atoms with Gasteiger partial charge in [0.15, 0.2) is 0 Å². The van der Waals surface area contributed by atoms with Gasteiger partial charge in [0.05, 0.1) is 6.61 Å². The Balaban J connectivity index is 1.89. The molecule has 0 spiro atoms. The lowest BCUT2D eigenvalue weighted by atomic mass is 10.1. The molecule has 3 nitrogen and oxygen atoms in total. The van der Waals surface area contributed by atoms with Gasteiger partial charge in [-0.1, -0.05) is 57.2 Å². The highest BCUT2D eigenvalue weighted by Crippen LogP contribution is 2.20. The fraction of sp³-hybridized carbons (Fsp3) is 0.550. The van der Waals surface area contributed by atoms with E-state index in [-0.39, 0.29) is 5.91 Å². The molecule has 126 valence electrons. The Hall–Kier alpha value is -1.77. The second kappa shape index (κ2) is 10.1. The smallest absolute Gasteiger partial charge is 0.244 e. The van der Waals surface area contributed by atoms with Gasteiger partial charge in [0, 0.05) is 17.7 Å². The monoisotopic (exact) mass is 315 g/mol. The first kappa shape index (κ1) is 17.6. The van der Waals surface area contributed by atoms with Crippen LogP contribution in [-0.4, -0.2) is 18.6 Å². The van der Waals surface area contributed by atoms with Crippen LogP contribution in [0.2, 0.25) is 0 Å². The van der Waals surface area contributed by atoms with Gasteiger partial charge < -0.3 is 10.1 Å². The predicted octanol–water partition coefficient (Wildman–Crippen LogP) is 4.72. The molecule has 0 atom stereocenters. The SMILES string of the molecule is CCCCOc1ccccc1/C=C/C(=O)NC1CCCCCC1. The maximum atomic E-state index is 12.1. The molecule has 0 radical (unpaired) electrons. The Labute approximate surface area is 140 Å². The summed E-state index contributed by atoms with van der Waals surface area (Å²) in [5.41, 5.74) is 0.958. The summed E-state index contributed by atoms with van der Waals surface area (Å²) in [5.74, 6) is 0.847. The fourth-order valence-corrected chi connectivity index (χ4v) is 2.91. The van der Waals surface area contributed by atoms with Crippen LogP contribution in [0.15, 0.2) is 30.3 Å². The van der Waals surface area contributed by atoms with E-state index in [1.165, 1.54) is 25.7 Å². The van der Waals surface area contributed by atoms with E-state index < -0.39 is 0 Å². The van der Waals surface area contributed by atoms with Gasteiger partial charge >= 0.3 is 0 Å². The van der Waals surface area contributed by atoms with Gasteiger partial charge in [-0.05, 0) is 31.4 Å². The van der Waals surface area contributed by atoms with Crippen molar-refractivity contribution in [2.75, 3.05) is 6.61 Å². The summed E-state index contributed by atoms with van der Waals surface area (Å²) < 4.78 is 5.79. The third-order valence-corrected chi connectivity index (χ3v) is 4.29. The van der Waals surface area contributed by atoms with Crippen molar-refractivity contribution in [3.63, 3.8) is 0 Å². The van der Waals surface area contributed by atoms with Gasteiger partial charge in [-0.3, -0.25) is 4.79 Å². The number of ether oxygens (including phenoxy) is 1. The number of carbonyl (C=O) groups excluding carboxylic acids is 1. The Morgan fingerprint density at radius 1 is 1.22 bits per heavy atom. The van der Waals surface area contributed by atoms with E-state index in [1.807, 2.05) is 30.3 Å². The van der Waals surface area contributed by atoms with Crippen molar-refractivity contribution >= 4 is 12.0 Å². The molecular weight excluding hydrogens is 286 g/mol. The maximum absolute atomic E-state index is 12.1. The number of benzene rings is 1. The molecule has 0 saturated heterocycles. The molecule has 0 aliphatic heterocycles. The molecule has 0 bridgehead atoms. The Morgan fingerprint density at radius 2 is 1.96 bits per heavy atom. The van der Waals surface area contributed by atoms with Gasteiger partial charge in [0.1, 0.15) is 5.75 Å². The number of rotatable bonds is 7. The maximum Gasteiger partial charge on any atom is 0.244 e. The molecule has 1 aromatic rings. The standard InChI is InChI=1S/C20H29NO2/c1-2-3-16-23-19-13-9-8-10-17(19)14-15-20(22)21-18-11-6-4-5-7-12-18/h8-10,13-15,18H,2-7,11-12,16H2,1H3,(H,21,22)/b15-14+. The summed E-state index contributed by atoms with van der Waals surface area (Å²) in [6.45, 7) is 2.86. The zero-order chi connectivity index (χ0) is 16.3. The summed E-state index contributed by atoms with van der Waals surface area (Å²) in [7, 11) is 0. The largest absolute Gasteiger partial charge is 0.493 e. The Kier molecular flexibility index (Phi) is 7.71. The Morgan fingerprint density at radius 3 is 2.70 bits per heavy atom. The number of hydrogen-bond donors (Lipinski definition) is 1. The van der Waals surface area contributed by atoms with Crippen molar-refractivity contribution in [1.29, 1.82) is 0 Å². The minimum absolute atomic E-state index is 0.000242. The van der Waals surface area contributed by atoms with E-state index >= 15 is 0 Å². The van der Waals surface area contributed by atoms with Crippen molar-refractivity contribution in [2.45, 2.75) is 64.3 Å². The van der Waals surface area contributed by atoms with Gasteiger partial charge in [0.25, 0.3) is 0 Å². The van der Waals surface area contributed by atoms with Crippen LogP contribution >= 0.6 is 0 Å². The molecule has 2 rings (SSSR count). The highest BCUT2D eigenvalue weighted by Gasteiger charge is 2.13. The summed E-state index contributed by atoms with van der Waals surface area (Å²) in [6, 6.07) is 8.21. The normalized spacial score (nSPS) is 16.2. The zero-order valence-corrected chi connectivity index (χ0v) is 14.2. The van der Waals surface area contributed by atoms with Gasteiger partial charge in [0.2, 0.25) is 5.91 Å². The number of unbranched alkanes of at least 4 members (excludes halogenated alkanes) is 1. The molecule has 1 aromatic carbocycles. The minimum Gasteiger partial charge on any atom is -0.493 e. The summed E-state index contributed by atoms with van der Waals surface area (Å²) in [5, 5.41) is 3.13. The average Bonchev–Trinajstić information content (AvgIpc) is 2.83. The lowest BCUT2D eigenvalue weighted by Gasteiger charge is -2.14. The first-order valence-corrected chi connectivity index (χ1v) is 9.00. The number of nitrogens with one attached hydrogen (secondary N) is 1. The summed E-state index contributed by atoms with van der Waals surface area (Å²) >= 11 is 0. The van der Waals surface area contributed by atoms with Crippen molar-refractivity contribution in [3.05, 3.63) is 35.9 Å². The predicted molar refractivity (Wildman–Crippen MR) is 95.5 cm³/mol. The third kappa shape index (κ3) is 6.47. The lowest BCUT2D eigenvalue weighted by molar-refractivity contribution is -0.117. The van der Waals surface area contributed by atoms with E-state index in [4.69, 9.17) is 4.74 Å². The van der Waals surface area contributed by atoms with Crippen molar-refractivity contribution in [1.82, 2.24) is 5.32 Å². The molecule has 1 aliphatic carbocycles. The van der Waals surface area contributed by atoms with Crippen molar-refractivity contribution in [3.8, 4) is 5.75 Å². The molecule has 1 fully saturated rings. The van der Waals surface area contributed by atoms with E-state index in [1.54, 1.807) is 6.08 Å². The minimum atomic E-state index is 0.000242. The number of para-hydroxylation sites is 1. The van der Waals surface area contributed by atoms with Crippen LogP contribution in [0.4, 0.5) is 0 Å². The molecule has 1 saturated carbocycles. The van der Waals surface area contributed by atoms with Gasteiger partial charge in [-0.15, -0.1) is 0 Å². The van der Waals surface area contributed by atoms with Crippen molar-refractivity contribution in [2.24, 2.45) is 0 Å². The van der Waals surface area contributed by atoms with E-state index in [0.29, 0.717) is 6.04 Å². The fourth-order valence-electron chi connectivity index (χ4n) is 2.91. The second-order valence-corrected chi connectivity index (χ2v) is 6.27. The molecular formula is C20H29NO2. The number of amides is 1. The molecule has 1 N–H and O–H groups in total. The molecule has 0 aromatic heterocycles. The Bertz CT molecular complexity index is 502. The van der Waals surface area contributed by atoms with Crippen LogP contribution in [-0.2, 0) is 4.79 Å². The van der Waals surface area contributed by atoms with Gasteiger partial charge in [-0.25, -0.2) is 0 Å². The van der Waals surface area contributed by atoms with Crippen LogP contribution in [0.25, 0.3) is 6.08 Å². The lowest BCUT2D eigenvalue weighted by Crippen LogP contribution is -2.33. The highest BCUT2D eigenvalue weighted by molar-refractivity contribution is 5.92. The molecule has 1 aliphatic rings. The van der Waals surface area contributed by atoms with Crippen LogP contribution in [0.5, 0.6) is 5.75 Å². The molecule has 23 heavy (non-hydrogen) atoms. The molecule has 1 amide bonds. The summed E-state index contributed by atoms with van der Waals surface area (Å²) in [6.07, 6.45) is 12.9. The van der Waals surface area contributed by atoms with Crippen LogP contribution in [0.3, 0.4) is 0 Å². The molecule has 0 heterocycles. The topological polar surface area (TPSA) is 38.3 Å². The second-order valence-electron chi connectivity index (χ2n) is 6.27. The van der Waals surface area contributed by atoms with Crippen molar-refractivity contribution < 1.29 is 9.53 Å². The summed E-state index contributed by atoms with van der Waals surface area (Å²) in [4.78, 5) is 12.1. The molecule has 3 heteroatoms. The van der Waals surface area contributed by atoms with Crippen LogP contribution in [0, 0.1) is 0 Å².